The summed E-state index contributed by atoms with van der Waals surface area (Å²) < 4.78 is 2.49. The second-order valence-corrected chi connectivity index (χ2v) is 4.71. The fourth-order valence-corrected chi connectivity index (χ4v) is 1.90. The lowest BCUT2D eigenvalue weighted by atomic mass is 10.3. The molecule has 0 aliphatic rings. The molecule has 0 fully saturated rings. The number of hydrogen-bond donors (Lipinski definition) is 1. The number of nitrogens with one attached hydrogen (secondary N) is 1. The third-order valence-corrected chi connectivity index (χ3v) is 3.10. The number of nitrogens with zero attached hydrogens (tertiary/aromatic N) is 2. The zero-order valence-corrected chi connectivity index (χ0v) is 11.4. The molecule has 1 N–H and O–H groups in total. The summed E-state index contributed by atoms with van der Waals surface area (Å²) >= 11 is 5.79. The normalized spacial score (nSPS) is 10.5. The highest BCUT2D eigenvalue weighted by molar-refractivity contribution is 6.30. The van der Waals surface area contributed by atoms with Crippen LogP contribution in [0.5, 0.6) is 0 Å². The van der Waals surface area contributed by atoms with E-state index >= 15 is 0 Å². The number of rotatable bonds is 3. The molecule has 0 amide bonds. The molecule has 6 heteroatoms. The Hall–Kier alpha value is -2.01. The molecule has 0 aliphatic carbocycles. The molecule has 0 saturated heterocycles. The molecule has 19 heavy (non-hydrogen) atoms. The van der Waals surface area contributed by atoms with Crippen molar-refractivity contribution in [2.75, 3.05) is 5.32 Å². The van der Waals surface area contributed by atoms with Crippen molar-refractivity contribution in [3.05, 3.63) is 61.9 Å². The maximum absolute atomic E-state index is 11.9. The van der Waals surface area contributed by atoms with Crippen LogP contribution < -0.4 is 16.6 Å². The fourth-order valence-electron chi connectivity index (χ4n) is 1.77. The zero-order chi connectivity index (χ0) is 14.0. The zero-order valence-electron chi connectivity index (χ0n) is 10.7. The van der Waals surface area contributed by atoms with Gasteiger partial charge in [0.25, 0.3) is 5.56 Å². The van der Waals surface area contributed by atoms with Crippen LogP contribution in [0.25, 0.3) is 0 Å². The number of anilines is 1. The summed E-state index contributed by atoms with van der Waals surface area (Å²) in [5.41, 5.74) is 0.768. The largest absolute Gasteiger partial charge is 0.381 e. The minimum atomic E-state index is -0.333. The van der Waals surface area contributed by atoms with Gasteiger partial charge in [0, 0.05) is 37.5 Å². The summed E-state index contributed by atoms with van der Waals surface area (Å²) in [6, 6.07) is 7.19. The predicted octanol–water partition coefficient (Wildman–Crippen LogP) is 1.35. The van der Waals surface area contributed by atoms with Gasteiger partial charge in [0.2, 0.25) is 0 Å². The average Bonchev–Trinajstić information content (AvgIpc) is 2.41. The van der Waals surface area contributed by atoms with Crippen molar-refractivity contribution < 1.29 is 0 Å². The van der Waals surface area contributed by atoms with Crippen LogP contribution in [-0.4, -0.2) is 9.13 Å². The van der Waals surface area contributed by atoms with Gasteiger partial charge >= 0.3 is 5.69 Å². The Bertz CT molecular complexity index is 701. The molecule has 1 heterocycles. The predicted molar refractivity (Wildman–Crippen MR) is 75.7 cm³/mol. The molecular formula is C13H14ClN3O2. The number of halogens is 1. The van der Waals surface area contributed by atoms with Gasteiger partial charge in [-0.25, -0.2) is 4.79 Å². The Balaban J connectivity index is 2.23. The monoisotopic (exact) mass is 279 g/mol. The van der Waals surface area contributed by atoms with E-state index in [4.69, 9.17) is 11.6 Å². The van der Waals surface area contributed by atoms with Crippen molar-refractivity contribution >= 4 is 17.3 Å². The molecule has 0 bridgehead atoms. The number of hydrogen-bond acceptors (Lipinski definition) is 3. The quantitative estimate of drug-likeness (QED) is 0.923. The van der Waals surface area contributed by atoms with Crippen LogP contribution in [0.1, 0.15) is 5.56 Å². The maximum atomic E-state index is 11.9. The van der Waals surface area contributed by atoms with Crippen molar-refractivity contribution in [3.63, 3.8) is 0 Å². The average molecular weight is 280 g/mol. The second-order valence-electron chi connectivity index (χ2n) is 4.27. The minimum Gasteiger partial charge on any atom is -0.381 e. The molecule has 0 radical (unpaired) electrons. The van der Waals surface area contributed by atoms with Gasteiger partial charge in [0.15, 0.2) is 0 Å². The summed E-state index contributed by atoms with van der Waals surface area (Å²) in [5, 5.41) is 3.77. The first-order valence-electron chi connectivity index (χ1n) is 5.74. The van der Waals surface area contributed by atoms with Crippen LogP contribution in [0, 0.1) is 0 Å². The Labute approximate surface area is 115 Å². The molecule has 0 atom stereocenters. The van der Waals surface area contributed by atoms with E-state index in [9.17, 15) is 9.59 Å². The lowest BCUT2D eigenvalue weighted by Crippen LogP contribution is -2.38. The van der Waals surface area contributed by atoms with E-state index in [0.29, 0.717) is 17.1 Å². The molecule has 0 unspecified atom stereocenters. The van der Waals surface area contributed by atoms with Crippen LogP contribution in [0.15, 0.2) is 40.1 Å². The summed E-state index contributed by atoms with van der Waals surface area (Å²) in [7, 11) is 3.09. The molecular weight excluding hydrogens is 266 g/mol. The topological polar surface area (TPSA) is 56.0 Å². The van der Waals surface area contributed by atoms with Crippen LogP contribution in [-0.2, 0) is 20.6 Å². The van der Waals surface area contributed by atoms with E-state index in [0.717, 1.165) is 10.3 Å². The first-order valence-corrected chi connectivity index (χ1v) is 6.12. The van der Waals surface area contributed by atoms with E-state index in [2.05, 4.69) is 5.32 Å². The SMILES string of the molecule is Cn1cc(CNc2ccc(Cl)cc2)c(=O)n(C)c1=O. The molecule has 1 aromatic carbocycles. The van der Waals surface area contributed by atoms with Gasteiger partial charge in [-0.2, -0.15) is 0 Å². The standard InChI is InChI=1S/C13H14ClN3O2/c1-16-8-9(12(18)17(2)13(16)19)7-15-11-5-3-10(14)4-6-11/h3-6,8,15H,7H2,1-2H3. The lowest BCUT2D eigenvalue weighted by Gasteiger charge is -2.09. The third kappa shape index (κ3) is 2.88. The molecule has 5 nitrogen and oxygen atoms in total. The van der Waals surface area contributed by atoms with Crippen LogP contribution in [0.3, 0.4) is 0 Å². The molecule has 0 spiro atoms. The minimum absolute atomic E-state index is 0.287. The van der Waals surface area contributed by atoms with Gasteiger partial charge in [0.05, 0.1) is 5.56 Å². The number of benzene rings is 1. The number of aromatic nitrogens is 2. The van der Waals surface area contributed by atoms with Crippen LogP contribution >= 0.6 is 11.6 Å². The van der Waals surface area contributed by atoms with E-state index in [1.807, 2.05) is 12.1 Å². The highest BCUT2D eigenvalue weighted by Crippen LogP contribution is 2.13. The summed E-state index contributed by atoms with van der Waals surface area (Å²) in [6.07, 6.45) is 1.55. The van der Waals surface area contributed by atoms with E-state index in [1.165, 1.54) is 11.6 Å². The molecule has 2 aromatic rings. The van der Waals surface area contributed by atoms with E-state index in [1.54, 1.807) is 25.4 Å². The molecule has 100 valence electrons. The Kier molecular flexibility index (Phi) is 3.76. The van der Waals surface area contributed by atoms with Crippen LogP contribution in [0.4, 0.5) is 5.69 Å². The summed E-state index contributed by atoms with van der Waals surface area (Å²) in [4.78, 5) is 23.4. The number of aryl methyl sites for hydroxylation is 1. The maximum Gasteiger partial charge on any atom is 0.330 e. The van der Waals surface area contributed by atoms with Crippen molar-refractivity contribution in [2.45, 2.75) is 6.54 Å². The highest BCUT2D eigenvalue weighted by atomic mass is 35.5. The second kappa shape index (κ2) is 5.32. The van der Waals surface area contributed by atoms with Crippen molar-refractivity contribution in [3.8, 4) is 0 Å². The molecule has 0 aliphatic heterocycles. The molecule has 0 saturated carbocycles. The summed E-state index contributed by atoms with van der Waals surface area (Å²) in [5.74, 6) is 0. The van der Waals surface area contributed by atoms with Gasteiger partial charge < -0.3 is 9.88 Å². The van der Waals surface area contributed by atoms with Gasteiger partial charge in [-0.1, -0.05) is 11.6 Å². The van der Waals surface area contributed by atoms with Crippen LogP contribution in [0.2, 0.25) is 5.02 Å². The van der Waals surface area contributed by atoms with Gasteiger partial charge in [-0.3, -0.25) is 9.36 Å². The fraction of sp³-hybridized carbons (Fsp3) is 0.231. The third-order valence-electron chi connectivity index (χ3n) is 2.84. The lowest BCUT2D eigenvalue weighted by molar-refractivity contribution is 0.671. The van der Waals surface area contributed by atoms with Gasteiger partial charge in [0.1, 0.15) is 0 Å². The molecule has 2 rings (SSSR count). The first-order chi connectivity index (χ1) is 8.99. The van der Waals surface area contributed by atoms with Crippen molar-refractivity contribution in [1.82, 2.24) is 9.13 Å². The smallest absolute Gasteiger partial charge is 0.330 e. The van der Waals surface area contributed by atoms with E-state index in [-0.39, 0.29) is 11.2 Å². The van der Waals surface area contributed by atoms with Crippen molar-refractivity contribution in [2.24, 2.45) is 14.1 Å². The Morgan fingerprint density at radius 1 is 1.16 bits per heavy atom. The molecule has 1 aromatic heterocycles. The van der Waals surface area contributed by atoms with Gasteiger partial charge in [-0.05, 0) is 24.3 Å². The Morgan fingerprint density at radius 2 is 1.79 bits per heavy atom. The van der Waals surface area contributed by atoms with Crippen molar-refractivity contribution in [1.29, 1.82) is 0 Å². The van der Waals surface area contributed by atoms with E-state index < -0.39 is 0 Å². The highest BCUT2D eigenvalue weighted by Gasteiger charge is 2.06. The first kappa shape index (κ1) is 13.4. The Morgan fingerprint density at radius 3 is 2.42 bits per heavy atom. The summed E-state index contributed by atoms with van der Waals surface area (Å²) in [6.45, 7) is 0.350. The van der Waals surface area contributed by atoms with Gasteiger partial charge in [-0.15, -0.1) is 0 Å².